The first kappa shape index (κ1) is 11.9. The molecule has 0 saturated carbocycles. The Morgan fingerprint density at radius 2 is 2.35 bits per heavy atom. The summed E-state index contributed by atoms with van der Waals surface area (Å²) < 4.78 is 0. The molecule has 0 unspecified atom stereocenters. The lowest BCUT2D eigenvalue weighted by Gasteiger charge is -2.31. The van der Waals surface area contributed by atoms with Crippen LogP contribution >= 0.6 is 0 Å². The number of aromatic nitrogens is 2. The molecule has 92 valence electrons. The zero-order valence-corrected chi connectivity index (χ0v) is 9.89. The molecule has 0 aromatic carbocycles. The maximum atomic E-state index is 11.7. The molecule has 0 radical (unpaired) electrons. The number of piperazine rings is 1. The Morgan fingerprint density at radius 1 is 1.59 bits per heavy atom. The highest BCUT2D eigenvalue weighted by Crippen LogP contribution is 1.99. The van der Waals surface area contributed by atoms with Crippen molar-refractivity contribution in [3.8, 4) is 0 Å². The van der Waals surface area contributed by atoms with Gasteiger partial charge in [0.2, 0.25) is 11.9 Å². The predicted octanol–water partition coefficient (Wildman–Crippen LogP) is -0.291. The minimum absolute atomic E-state index is 0.0645. The Kier molecular flexibility index (Phi) is 4.00. The number of anilines is 1. The number of hydrogen-bond acceptors (Lipinski definition) is 5. The van der Waals surface area contributed by atoms with Gasteiger partial charge in [0, 0.05) is 38.1 Å². The first-order chi connectivity index (χ1) is 8.24. The normalized spacial score (nSPS) is 21.1. The van der Waals surface area contributed by atoms with Gasteiger partial charge in [-0.15, -0.1) is 0 Å². The van der Waals surface area contributed by atoms with Gasteiger partial charge in [0.05, 0.1) is 6.54 Å². The molecule has 1 atom stereocenters. The topological polar surface area (TPSA) is 70.2 Å². The van der Waals surface area contributed by atoms with Crippen LogP contribution in [0.15, 0.2) is 18.5 Å². The lowest BCUT2D eigenvalue weighted by molar-refractivity contribution is -0.117. The Bertz CT molecular complexity index is 369. The summed E-state index contributed by atoms with van der Waals surface area (Å²) in [7, 11) is 0. The summed E-state index contributed by atoms with van der Waals surface area (Å²) in [4.78, 5) is 21.8. The van der Waals surface area contributed by atoms with Crippen LogP contribution in [0.1, 0.15) is 6.92 Å². The Balaban J connectivity index is 1.81. The Labute approximate surface area is 100 Å². The van der Waals surface area contributed by atoms with Gasteiger partial charge in [0.15, 0.2) is 0 Å². The van der Waals surface area contributed by atoms with Gasteiger partial charge >= 0.3 is 0 Å². The molecule has 1 saturated heterocycles. The maximum absolute atomic E-state index is 11.7. The van der Waals surface area contributed by atoms with Gasteiger partial charge in [0.1, 0.15) is 0 Å². The molecule has 0 spiro atoms. The number of hydrogen-bond donors (Lipinski definition) is 2. The van der Waals surface area contributed by atoms with E-state index < -0.39 is 0 Å². The summed E-state index contributed by atoms with van der Waals surface area (Å²) in [5, 5.41) is 6.02. The summed E-state index contributed by atoms with van der Waals surface area (Å²) in [6.07, 6.45) is 3.21. The number of nitrogens with one attached hydrogen (secondary N) is 2. The van der Waals surface area contributed by atoms with E-state index in [0.717, 1.165) is 19.6 Å². The van der Waals surface area contributed by atoms with E-state index in [0.29, 0.717) is 18.5 Å². The number of carbonyl (C=O) groups is 1. The largest absolute Gasteiger partial charge is 0.312 e. The molecule has 1 amide bonds. The molecule has 0 aliphatic carbocycles. The Hall–Kier alpha value is -1.53. The van der Waals surface area contributed by atoms with Crippen molar-refractivity contribution in [1.82, 2.24) is 20.2 Å². The van der Waals surface area contributed by atoms with Crippen LogP contribution < -0.4 is 10.6 Å². The third-order valence-corrected chi connectivity index (χ3v) is 2.64. The summed E-state index contributed by atoms with van der Waals surface area (Å²) in [5.74, 6) is 0.297. The lowest BCUT2D eigenvalue weighted by Crippen LogP contribution is -2.51. The van der Waals surface area contributed by atoms with Gasteiger partial charge in [-0.25, -0.2) is 9.97 Å². The van der Waals surface area contributed by atoms with Crippen molar-refractivity contribution in [2.24, 2.45) is 0 Å². The van der Waals surface area contributed by atoms with Gasteiger partial charge in [-0.3, -0.25) is 15.0 Å². The number of amides is 1. The monoisotopic (exact) mass is 235 g/mol. The first-order valence-corrected chi connectivity index (χ1v) is 5.76. The maximum Gasteiger partial charge on any atom is 0.240 e. The quantitative estimate of drug-likeness (QED) is 0.753. The van der Waals surface area contributed by atoms with Crippen LogP contribution in [-0.4, -0.2) is 53.0 Å². The fraction of sp³-hybridized carbons (Fsp3) is 0.545. The van der Waals surface area contributed by atoms with E-state index in [-0.39, 0.29) is 5.91 Å². The van der Waals surface area contributed by atoms with Crippen LogP contribution in [0.4, 0.5) is 5.95 Å². The molecule has 1 aromatic rings. The molecule has 6 heteroatoms. The van der Waals surface area contributed by atoms with E-state index in [9.17, 15) is 4.79 Å². The average Bonchev–Trinajstić information content (AvgIpc) is 2.30. The van der Waals surface area contributed by atoms with Crippen LogP contribution in [0.3, 0.4) is 0 Å². The van der Waals surface area contributed by atoms with Crippen molar-refractivity contribution in [2.45, 2.75) is 13.0 Å². The molecule has 2 heterocycles. The standard InChI is InChI=1S/C11H17N5O/c1-9-7-16(6-5-12-9)8-10(17)15-11-13-3-2-4-14-11/h2-4,9,12H,5-8H2,1H3,(H,13,14,15,17)/t9-/m0/s1. The molecule has 1 aliphatic heterocycles. The lowest BCUT2D eigenvalue weighted by atomic mass is 10.2. The average molecular weight is 235 g/mol. The molecular weight excluding hydrogens is 218 g/mol. The predicted molar refractivity (Wildman–Crippen MR) is 64.6 cm³/mol. The highest BCUT2D eigenvalue weighted by Gasteiger charge is 2.18. The van der Waals surface area contributed by atoms with Crippen molar-refractivity contribution in [3.63, 3.8) is 0 Å². The van der Waals surface area contributed by atoms with Gasteiger partial charge in [-0.05, 0) is 13.0 Å². The van der Waals surface area contributed by atoms with Crippen LogP contribution in [-0.2, 0) is 4.79 Å². The molecule has 2 rings (SSSR count). The first-order valence-electron chi connectivity index (χ1n) is 5.76. The molecular formula is C11H17N5O. The van der Waals surface area contributed by atoms with E-state index in [2.05, 4.69) is 32.4 Å². The summed E-state index contributed by atoms with van der Waals surface area (Å²) in [6.45, 7) is 5.22. The second-order valence-corrected chi connectivity index (χ2v) is 4.21. The summed E-state index contributed by atoms with van der Waals surface area (Å²) in [6, 6.07) is 2.15. The number of rotatable bonds is 3. The van der Waals surface area contributed by atoms with E-state index in [1.54, 1.807) is 18.5 Å². The third-order valence-electron chi connectivity index (χ3n) is 2.64. The van der Waals surface area contributed by atoms with Crippen molar-refractivity contribution < 1.29 is 4.79 Å². The smallest absolute Gasteiger partial charge is 0.240 e. The molecule has 2 N–H and O–H groups in total. The zero-order valence-electron chi connectivity index (χ0n) is 9.89. The number of carbonyl (C=O) groups excluding carboxylic acids is 1. The van der Waals surface area contributed by atoms with E-state index in [1.165, 1.54) is 0 Å². The van der Waals surface area contributed by atoms with Gasteiger partial charge in [-0.1, -0.05) is 0 Å². The van der Waals surface area contributed by atoms with Crippen molar-refractivity contribution in [3.05, 3.63) is 18.5 Å². The second kappa shape index (κ2) is 5.70. The minimum Gasteiger partial charge on any atom is -0.312 e. The highest BCUT2D eigenvalue weighted by molar-refractivity contribution is 5.90. The molecule has 17 heavy (non-hydrogen) atoms. The SMILES string of the molecule is C[C@H]1CN(CC(=O)Nc2ncccn2)CCN1. The minimum atomic E-state index is -0.0645. The summed E-state index contributed by atoms with van der Waals surface area (Å²) in [5.41, 5.74) is 0. The van der Waals surface area contributed by atoms with Gasteiger partial charge < -0.3 is 5.32 Å². The van der Waals surface area contributed by atoms with Gasteiger partial charge in [0.25, 0.3) is 0 Å². The van der Waals surface area contributed by atoms with E-state index >= 15 is 0 Å². The number of nitrogens with zero attached hydrogens (tertiary/aromatic N) is 3. The molecule has 1 aromatic heterocycles. The van der Waals surface area contributed by atoms with E-state index in [1.807, 2.05) is 0 Å². The van der Waals surface area contributed by atoms with Crippen LogP contribution in [0.2, 0.25) is 0 Å². The van der Waals surface area contributed by atoms with Crippen LogP contribution in [0.5, 0.6) is 0 Å². The second-order valence-electron chi connectivity index (χ2n) is 4.21. The molecule has 1 fully saturated rings. The third kappa shape index (κ3) is 3.76. The van der Waals surface area contributed by atoms with Crippen molar-refractivity contribution in [2.75, 3.05) is 31.5 Å². The van der Waals surface area contributed by atoms with Gasteiger partial charge in [-0.2, -0.15) is 0 Å². The van der Waals surface area contributed by atoms with Crippen LogP contribution in [0.25, 0.3) is 0 Å². The molecule has 1 aliphatic rings. The van der Waals surface area contributed by atoms with Crippen LogP contribution in [0, 0.1) is 0 Å². The summed E-state index contributed by atoms with van der Waals surface area (Å²) >= 11 is 0. The highest BCUT2D eigenvalue weighted by atomic mass is 16.2. The fourth-order valence-electron chi connectivity index (χ4n) is 1.89. The van der Waals surface area contributed by atoms with E-state index in [4.69, 9.17) is 0 Å². The molecule has 6 nitrogen and oxygen atoms in total. The van der Waals surface area contributed by atoms with Crippen molar-refractivity contribution >= 4 is 11.9 Å². The zero-order chi connectivity index (χ0) is 12.1. The fourth-order valence-corrected chi connectivity index (χ4v) is 1.89. The Morgan fingerprint density at radius 3 is 3.06 bits per heavy atom. The van der Waals surface area contributed by atoms with Crippen molar-refractivity contribution in [1.29, 1.82) is 0 Å². The molecule has 0 bridgehead atoms.